The van der Waals surface area contributed by atoms with Gasteiger partial charge in [-0.2, -0.15) is 18.3 Å². The Labute approximate surface area is 176 Å². The van der Waals surface area contributed by atoms with Gasteiger partial charge in [-0.05, 0) is 36.8 Å². The first-order valence-corrected chi connectivity index (χ1v) is 9.34. The summed E-state index contributed by atoms with van der Waals surface area (Å²) >= 11 is 0. The number of hydrogen-bond acceptors (Lipinski definition) is 5. The van der Waals surface area contributed by atoms with Crippen LogP contribution >= 0.6 is 0 Å². The van der Waals surface area contributed by atoms with Crippen molar-refractivity contribution in [3.8, 4) is 22.8 Å². The van der Waals surface area contributed by atoms with Gasteiger partial charge in [0.2, 0.25) is 0 Å². The molecule has 4 rings (SSSR count). The number of aryl methyl sites for hydroxylation is 1. The molecule has 1 aliphatic heterocycles. The Hall–Kier alpha value is -3.56. The van der Waals surface area contributed by atoms with E-state index >= 15 is 0 Å². The minimum atomic E-state index is -4.39. The highest BCUT2D eigenvalue weighted by molar-refractivity contribution is 6.10. The predicted octanol–water partition coefficient (Wildman–Crippen LogP) is 3.99. The molecule has 2 aromatic heterocycles. The van der Waals surface area contributed by atoms with Gasteiger partial charge in [0.25, 0.3) is 5.91 Å². The Bertz CT molecular complexity index is 1160. The molecule has 162 valence electrons. The summed E-state index contributed by atoms with van der Waals surface area (Å²) in [6.45, 7) is 0.735. The second kappa shape index (κ2) is 7.60. The monoisotopic (exact) mass is 432 g/mol. The van der Waals surface area contributed by atoms with Crippen molar-refractivity contribution in [3.63, 3.8) is 0 Å². The maximum atomic E-state index is 12.9. The molecule has 1 aromatic carbocycles. The van der Waals surface area contributed by atoms with E-state index < -0.39 is 12.7 Å². The van der Waals surface area contributed by atoms with E-state index in [-0.39, 0.29) is 12.5 Å². The van der Waals surface area contributed by atoms with Gasteiger partial charge in [0.15, 0.2) is 11.5 Å². The van der Waals surface area contributed by atoms with Crippen molar-refractivity contribution >= 4 is 11.6 Å². The molecule has 0 N–H and O–H groups in total. The molecule has 10 heteroatoms. The van der Waals surface area contributed by atoms with Crippen molar-refractivity contribution < 1.29 is 27.4 Å². The molecule has 0 spiro atoms. The third-order valence-electron chi connectivity index (χ3n) is 5.02. The lowest BCUT2D eigenvalue weighted by Gasteiger charge is -2.12. The number of rotatable bonds is 5. The number of fused-ring (bicyclic) bond motifs is 1. The lowest BCUT2D eigenvalue weighted by atomic mass is 10.0. The van der Waals surface area contributed by atoms with Gasteiger partial charge in [-0.25, -0.2) is 0 Å². The van der Waals surface area contributed by atoms with Crippen LogP contribution in [0.15, 0.2) is 36.7 Å². The van der Waals surface area contributed by atoms with E-state index in [9.17, 15) is 18.0 Å². The Morgan fingerprint density at radius 3 is 2.55 bits per heavy atom. The van der Waals surface area contributed by atoms with E-state index in [0.29, 0.717) is 34.1 Å². The van der Waals surface area contributed by atoms with Gasteiger partial charge in [0, 0.05) is 11.8 Å². The van der Waals surface area contributed by atoms with Crippen LogP contribution < -0.4 is 14.4 Å². The fraction of sp³-hybridized carbons (Fsp3) is 0.286. The highest BCUT2D eigenvalue weighted by Crippen LogP contribution is 2.35. The van der Waals surface area contributed by atoms with Gasteiger partial charge < -0.3 is 14.4 Å². The normalized spacial score (nSPS) is 13.5. The number of nitrogens with zero attached hydrogens (tertiary/aromatic N) is 4. The number of hydrogen-bond donors (Lipinski definition) is 0. The molecule has 1 aliphatic rings. The van der Waals surface area contributed by atoms with Crippen LogP contribution in [0.4, 0.5) is 18.9 Å². The molecule has 3 heterocycles. The van der Waals surface area contributed by atoms with Crippen molar-refractivity contribution in [2.75, 3.05) is 19.1 Å². The van der Waals surface area contributed by atoms with E-state index in [4.69, 9.17) is 9.47 Å². The molecule has 31 heavy (non-hydrogen) atoms. The van der Waals surface area contributed by atoms with Gasteiger partial charge in [0.05, 0.1) is 49.6 Å². The Kier molecular flexibility index (Phi) is 5.08. The van der Waals surface area contributed by atoms with Crippen molar-refractivity contribution in [3.05, 3.63) is 53.5 Å². The number of benzene rings is 1. The van der Waals surface area contributed by atoms with E-state index in [1.165, 1.54) is 17.3 Å². The number of ether oxygens (including phenoxy) is 2. The van der Waals surface area contributed by atoms with Gasteiger partial charge >= 0.3 is 6.18 Å². The molecule has 0 unspecified atom stereocenters. The fourth-order valence-electron chi connectivity index (χ4n) is 3.65. The third kappa shape index (κ3) is 3.92. The quantitative estimate of drug-likeness (QED) is 0.610. The van der Waals surface area contributed by atoms with Crippen molar-refractivity contribution in [1.29, 1.82) is 0 Å². The lowest BCUT2D eigenvalue weighted by Crippen LogP contribution is -2.23. The van der Waals surface area contributed by atoms with Crippen LogP contribution in [-0.2, 0) is 13.1 Å². The molecular weight excluding hydrogens is 413 g/mol. The maximum absolute atomic E-state index is 12.9. The summed E-state index contributed by atoms with van der Waals surface area (Å²) in [4.78, 5) is 18.9. The highest BCUT2D eigenvalue weighted by Gasteiger charge is 2.33. The Morgan fingerprint density at radius 1 is 1.13 bits per heavy atom. The highest BCUT2D eigenvalue weighted by atomic mass is 19.4. The smallest absolute Gasteiger partial charge is 0.408 e. The molecule has 0 saturated heterocycles. The fourth-order valence-corrected chi connectivity index (χ4v) is 3.65. The van der Waals surface area contributed by atoms with Gasteiger partial charge in [-0.3, -0.25) is 14.5 Å². The average molecular weight is 432 g/mol. The molecule has 0 aliphatic carbocycles. The van der Waals surface area contributed by atoms with Crippen molar-refractivity contribution in [2.24, 2.45) is 0 Å². The number of alkyl halides is 3. The van der Waals surface area contributed by atoms with E-state index in [1.54, 1.807) is 33.3 Å². The van der Waals surface area contributed by atoms with Crippen LogP contribution in [0.25, 0.3) is 11.3 Å². The molecule has 0 atom stereocenters. The number of carbonyl (C=O) groups is 1. The summed E-state index contributed by atoms with van der Waals surface area (Å²) in [5.41, 5.74) is 3.47. The zero-order valence-electron chi connectivity index (χ0n) is 17.0. The topological polar surface area (TPSA) is 69.5 Å². The van der Waals surface area contributed by atoms with Crippen LogP contribution in [0.1, 0.15) is 21.6 Å². The molecule has 7 nitrogen and oxygen atoms in total. The number of pyridine rings is 1. The molecule has 0 radical (unpaired) electrons. The van der Waals surface area contributed by atoms with E-state index in [1.807, 2.05) is 12.1 Å². The average Bonchev–Trinajstić information content (AvgIpc) is 3.30. The molecular formula is C21H19F3N4O3. The number of amides is 1. The maximum Gasteiger partial charge on any atom is 0.408 e. The number of halogens is 3. The SMILES string of the molecule is COc1ccc(-c2cc3c(c(C)n2)C(=O)N(c2cnn(CC(F)(F)F)c2)C3)cc1OC. The molecule has 0 bridgehead atoms. The summed E-state index contributed by atoms with van der Waals surface area (Å²) in [5.74, 6) is 0.821. The second-order valence-corrected chi connectivity index (χ2v) is 7.10. The summed E-state index contributed by atoms with van der Waals surface area (Å²) in [6.07, 6.45) is -1.92. The standard InChI is InChI=1S/C21H19F3N4O3/c1-12-19-14(6-16(26-12)13-4-5-17(30-2)18(7-13)31-3)9-28(20(19)29)15-8-25-27(10-15)11-21(22,23)24/h4-8,10H,9,11H2,1-3H3. The zero-order chi connectivity index (χ0) is 22.3. The number of anilines is 1. The third-order valence-corrected chi connectivity index (χ3v) is 5.02. The summed E-state index contributed by atoms with van der Waals surface area (Å²) in [5, 5.41) is 3.73. The summed E-state index contributed by atoms with van der Waals surface area (Å²) in [7, 11) is 3.09. The first-order chi connectivity index (χ1) is 14.7. The van der Waals surface area contributed by atoms with Crippen LogP contribution in [0.5, 0.6) is 11.5 Å². The van der Waals surface area contributed by atoms with Gasteiger partial charge in [-0.15, -0.1) is 0 Å². The summed E-state index contributed by atoms with van der Waals surface area (Å²) in [6, 6.07) is 7.21. The van der Waals surface area contributed by atoms with Crippen LogP contribution in [0.3, 0.4) is 0 Å². The minimum Gasteiger partial charge on any atom is -0.493 e. The van der Waals surface area contributed by atoms with Gasteiger partial charge in [-0.1, -0.05) is 0 Å². The Balaban J connectivity index is 1.66. The number of aromatic nitrogens is 3. The summed E-state index contributed by atoms with van der Waals surface area (Å²) < 4.78 is 49.2. The van der Waals surface area contributed by atoms with Gasteiger partial charge in [0.1, 0.15) is 6.54 Å². The van der Waals surface area contributed by atoms with E-state index in [2.05, 4.69) is 10.1 Å². The largest absolute Gasteiger partial charge is 0.493 e. The van der Waals surface area contributed by atoms with Crippen LogP contribution in [0.2, 0.25) is 0 Å². The molecule has 3 aromatic rings. The first-order valence-electron chi connectivity index (χ1n) is 9.34. The predicted molar refractivity (Wildman–Crippen MR) is 106 cm³/mol. The lowest BCUT2D eigenvalue weighted by molar-refractivity contribution is -0.142. The Morgan fingerprint density at radius 2 is 1.87 bits per heavy atom. The molecule has 0 fully saturated rings. The number of methoxy groups -OCH3 is 2. The minimum absolute atomic E-state index is 0.218. The van der Waals surface area contributed by atoms with Crippen LogP contribution in [0, 0.1) is 6.92 Å². The van der Waals surface area contributed by atoms with Crippen molar-refractivity contribution in [2.45, 2.75) is 26.2 Å². The first kappa shape index (κ1) is 20.7. The second-order valence-electron chi connectivity index (χ2n) is 7.10. The van der Waals surface area contributed by atoms with E-state index in [0.717, 1.165) is 15.8 Å². The zero-order valence-corrected chi connectivity index (χ0v) is 17.0. The number of carbonyl (C=O) groups excluding carboxylic acids is 1. The van der Waals surface area contributed by atoms with Crippen molar-refractivity contribution in [1.82, 2.24) is 14.8 Å². The van der Waals surface area contributed by atoms with Crippen LogP contribution in [-0.4, -0.2) is 41.1 Å². The molecule has 1 amide bonds. The molecule has 0 saturated carbocycles.